The first kappa shape index (κ1) is 32.9. The molecule has 0 bridgehead atoms. The van der Waals surface area contributed by atoms with Crippen molar-refractivity contribution in [3.05, 3.63) is 71.3 Å². The fourth-order valence-corrected chi connectivity index (χ4v) is 4.80. The number of carbonyl (C=O) groups excluding carboxylic acids is 2. The molecule has 0 spiro atoms. The highest BCUT2D eigenvalue weighted by molar-refractivity contribution is 5.89. The summed E-state index contributed by atoms with van der Waals surface area (Å²) in [7, 11) is 0. The van der Waals surface area contributed by atoms with Gasteiger partial charge in [0.15, 0.2) is 0 Å². The van der Waals surface area contributed by atoms with E-state index in [-0.39, 0.29) is 17.8 Å². The Labute approximate surface area is 240 Å². The number of rotatable bonds is 5. The molecule has 228 valence electrons. The maximum absolute atomic E-state index is 12.6. The third-order valence-corrected chi connectivity index (χ3v) is 7.07. The second kappa shape index (κ2) is 15.6. The molecule has 1 heterocycles. The lowest BCUT2D eigenvalue weighted by molar-refractivity contribution is -0.138. The Morgan fingerprint density at radius 2 is 1.43 bits per heavy atom. The summed E-state index contributed by atoms with van der Waals surface area (Å²) in [5.74, 6) is 0. The molecular formula is C30H34F6N4O2. The normalized spacial score (nSPS) is 17.0. The molecule has 0 aromatic heterocycles. The van der Waals surface area contributed by atoms with Crippen molar-refractivity contribution >= 4 is 23.5 Å². The molecule has 1 fully saturated rings. The predicted molar refractivity (Wildman–Crippen MR) is 148 cm³/mol. The van der Waals surface area contributed by atoms with Gasteiger partial charge in [0.25, 0.3) is 0 Å². The molecule has 0 atom stereocenters. The highest BCUT2D eigenvalue weighted by Gasteiger charge is 2.30. The van der Waals surface area contributed by atoms with Gasteiger partial charge in [0.1, 0.15) is 0 Å². The van der Waals surface area contributed by atoms with Crippen molar-refractivity contribution in [3.63, 3.8) is 0 Å². The van der Waals surface area contributed by atoms with Crippen LogP contribution >= 0.6 is 0 Å². The Hall–Kier alpha value is -3.63. The van der Waals surface area contributed by atoms with Crippen molar-refractivity contribution in [2.45, 2.75) is 69.8 Å². The van der Waals surface area contributed by atoms with Crippen LogP contribution in [0, 0.1) is 0 Å². The summed E-state index contributed by atoms with van der Waals surface area (Å²) in [6, 6.07) is 8.13. The average molecular weight is 597 g/mol. The van der Waals surface area contributed by atoms with Gasteiger partial charge in [-0.1, -0.05) is 24.5 Å². The number of hydrogen-bond donors (Lipinski definition) is 2. The number of allylic oxidation sites excluding steroid dienone is 1. The quantitative estimate of drug-likeness (QED) is 0.158. The summed E-state index contributed by atoms with van der Waals surface area (Å²) in [5, 5.41) is 5.56. The summed E-state index contributed by atoms with van der Waals surface area (Å²) in [6.07, 6.45) is 4.34. The van der Waals surface area contributed by atoms with Gasteiger partial charge in [-0.2, -0.15) is 31.3 Å². The van der Waals surface area contributed by atoms with E-state index < -0.39 is 23.5 Å². The SMILES string of the molecule is O=C(Nc1ccc(C(F)(F)F)cc1)NC1CCN(CC2=CCCCCCC2)CC1.O=C=Nc1ccc(C(F)(F)F)cc1. The van der Waals surface area contributed by atoms with Gasteiger partial charge in [0, 0.05) is 31.4 Å². The Bertz CT molecular complexity index is 1210. The average Bonchev–Trinajstić information content (AvgIpc) is 2.91. The van der Waals surface area contributed by atoms with Gasteiger partial charge in [0.05, 0.1) is 16.8 Å². The molecule has 1 aliphatic heterocycles. The van der Waals surface area contributed by atoms with Gasteiger partial charge >= 0.3 is 18.4 Å². The number of aliphatic imine (C=N–C) groups is 1. The first-order chi connectivity index (χ1) is 19.9. The number of hydrogen-bond acceptors (Lipinski definition) is 4. The number of benzene rings is 2. The molecule has 0 unspecified atom stereocenters. The highest BCUT2D eigenvalue weighted by Crippen LogP contribution is 2.31. The third kappa shape index (κ3) is 11.3. The maximum atomic E-state index is 12.6. The molecule has 42 heavy (non-hydrogen) atoms. The third-order valence-electron chi connectivity index (χ3n) is 7.07. The van der Waals surface area contributed by atoms with E-state index in [1.54, 1.807) is 5.57 Å². The van der Waals surface area contributed by atoms with Gasteiger partial charge in [-0.05, 0) is 87.1 Å². The van der Waals surface area contributed by atoms with Crippen LogP contribution in [0.15, 0.2) is 65.2 Å². The molecule has 2 amide bonds. The van der Waals surface area contributed by atoms with E-state index in [1.807, 2.05) is 0 Å². The standard InChI is InChI=1S/C22H30F3N3O.C8H4F3NO/c23-22(24,25)18-8-10-19(11-9-18)26-21(29)27-20-12-14-28(15-13-20)16-17-6-4-2-1-3-5-7-17;9-8(10,11)6-1-3-7(4-2-6)12-5-13/h6,8-11,20H,1-5,7,12-16H2,(H2,26,27,29);1-4H. The van der Waals surface area contributed by atoms with Crippen LogP contribution in [0.2, 0.25) is 0 Å². The minimum atomic E-state index is -4.37. The number of likely N-dealkylation sites (tertiary alicyclic amines) is 1. The zero-order valence-electron chi connectivity index (χ0n) is 23.0. The largest absolute Gasteiger partial charge is 0.416 e. The molecule has 2 N–H and O–H groups in total. The van der Waals surface area contributed by atoms with Crippen molar-refractivity contribution in [2.24, 2.45) is 4.99 Å². The van der Waals surface area contributed by atoms with Crippen LogP contribution in [0.25, 0.3) is 0 Å². The van der Waals surface area contributed by atoms with Gasteiger partial charge in [-0.3, -0.25) is 4.90 Å². The molecule has 1 saturated heterocycles. The number of amides is 2. The summed E-state index contributed by atoms with van der Waals surface area (Å²) in [5.41, 5.74) is 0.566. The fourth-order valence-electron chi connectivity index (χ4n) is 4.80. The highest BCUT2D eigenvalue weighted by atomic mass is 19.4. The maximum Gasteiger partial charge on any atom is 0.416 e. The molecule has 0 saturated carbocycles. The second-order valence-electron chi connectivity index (χ2n) is 10.3. The molecule has 4 rings (SSSR count). The lowest BCUT2D eigenvalue weighted by Crippen LogP contribution is -2.46. The van der Waals surface area contributed by atoms with E-state index >= 15 is 0 Å². The number of nitrogens with zero attached hydrogens (tertiary/aromatic N) is 2. The predicted octanol–water partition coefficient (Wildman–Crippen LogP) is 8.24. The number of carbonyl (C=O) groups is 1. The topological polar surface area (TPSA) is 73.8 Å². The first-order valence-electron chi connectivity index (χ1n) is 13.8. The van der Waals surface area contributed by atoms with Crippen LogP contribution < -0.4 is 10.6 Å². The van der Waals surface area contributed by atoms with Crippen LogP contribution in [-0.2, 0) is 17.1 Å². The van der Waals surface area contributed by atoms with Crippen LogP contribution in [0.1, 0.15) is 62.5 Å². The number of urea groups is 1. The number of halogens is 6. The second-order valence-corrected chi connectivity index (χ2v) is 10.3. The summed E-state index contributed by atoms with van der Waals surface area (Å²) < 4.78 is 73.8. The van der Waals surface area contributed by atoms with E-state index in [0.29, 0.717) is 5.69 Å². The molecule has 2 aromatic carbocycles. The van der Waals surface area contributed by atoms with E-state index in [1.165, 1.54) is 56.7 Å². The molecule has 2 aromatic rings. The van der Waals surface area contributed by atoms with Crippen LogP contribution in [0.3, 0.4) is 0 Å². The van der Waals surface area contributed by atoms with Crippen LogP contribution in [-0.4, -0.2) is 42.7 Å². The van der Waals surface area contributed by atoms with Crippen molar-refractivity contribution in [3.8, 4) is 0 Å². The Morgan fingerprint density at radius 1 is 0.857 bits per heavy atom. The fraction of sp³-hybridized carbons (Fsp3) is 0.467. The molecular weight excluding hydrogens is 562 g/mol. The van der Waals surface area contributed by atoms with Gasteiger partial charge in [0.2, 0.25) is 6.08 Å². The Kier molecular flexibility index (Phi) is 12.2. The molecule has 1 aliphatic carbocycles. The zero-order chi connectivity index (χ0) is 30.6. The lowest BCUT2D eigenvalue weighted by atomic mass is 9.98. The minimum absolute atomic E-state index is 0.0898. The van der Waals surface area contributed by atoms with E-state index in [2.05, 4.69) is 26.6 Å². The van der Waals surface area contributed by atoms with Crippen LogP contribution in [0.4, 0.5) is 42.5 Å². The number of nitrogens with one attached hydrogen (secondary N) is 2. The van der Waals surface area contributed by atoms with Gasteiger partial charge in [-0.15, -0.1) is 0 Å². The first-order valence-corrected chi connectivity index (χ1v) is 13.8. The van der Waals surface area contributed by atoms with E-state index in [4.69, 9.17) is 0 Å². The molecule has 12 heteroatoms. The van der Waals surface area contributed by atoms with Gasteiger partial charge < -0.3 is 10.6 Å². The minimum Gasteiger partial charge on any atom is -0.335 e. The Morgan fingerprint density at radius 3 is 2.00 bits per heavy atom. The number of alkyl halides is 6. The van der Waals surface area contributed by atoms with Gasteiger partial charge in [-0.25, -0.2) is 9.59 Å². The van der Waals surface area contributed by atoms with E-state index in [0.717, 1.165) is 68.9 Å². The monoisotopic (exact) mass is 596 g/mol. The number of piperidine rings is 1. The smallest absolute Gasteiger partial charge is 0.335 e. The number of isocyanates is 1. The summed E-state index contributed by atoms with van der Waals surface area (Å²) in [4.78, 5) is 27.5. The number of anilines is 1. The van der Waals surface area contributed by atoms with Crippen molar-refractivity contribution in [1.82, 2.24) is 10.2 Å². The van der Waals surface area contributed by atoms with Crippen molar-refractivity contribution in [2.75, 3.05) is 25.0 Å². The Balaban J connectivity index is 0.000000312. The molecule has 2 aliphatic rings. The van der Waals surface area contributed by atoms with Crippen molar-refractivity contribution in [1.29, 1.82) is 0 Å². The summed E-state index contributed by atoms with van der Waals surface area (Å²) >= 11 is 0. The molecule has 0 radical (unpaired) electrons. The van der Waals surface area contributed by atoms with E-state index in [9.17, 15) is 35.9 Å². The van der Waals surface area contributed by atoms with Crippen molar-refractivity contribution < 1.29 is 35.9 Å². The van der Waals surface area contributed by atoms with Crippen LogP contribution in [0.5, 0.6) is 0 Å². The lowest BCUT2D eigenvalue weighted by Gasteiger charge is -2.33. The molecule has 6 nitrogen and oxygen atoms in total. The zero-order valence-corrected chi connectivity index (χ0v) is 23.0. The summed E-state index contributed by atoms with van der Waals surface area (Å²) in [6.45, 7) is 2.93.